The normalized spacial score (nSPS) is 12.4. The van der Waals surface area contributed by atoms with Crippen molar-refractivity contribution < 1.29 is 19.0 Å². The van der Waals surface area contributed by atoms with Crippen molar-refractivity contribution in [1.82, 2.24) is 4.90 Å². The van der Waals surface area contributed by atoms with Crippen molar-refractivity contribution in [2.45, 2.75) is 6.92 Å². The third-order valence-electron chi connectivity index (χ3n) is 3.88. The summed E-state index contributed by atoms with van der Waals surface area (Å²) < 4.78 is 16.3. The van der Waals surface area contributed by atoms with Crippen molar-refractivity contribution in [1.29, 1.82) is 0 Å². The lowest BCUT2D eigenvalue weighted by Gasteiger charge is -2.15. The quantitative estimate of drug-likeness (QED) is 0.758. The number of aryl methyl sites for hydroxylation is 1. The van der Waals surface area contributed by atoms with Crippen LogP contribution in [0.2, 0.25) is 0 Å². The predicted octanol–water partition coefficient (Wildman–Crippen LogP) is 3.27. The first-order valence-corrected chi connectivity index (χ1v) is 8.14. The number of hydrogen-bond acceptors (Lipinski definition) is 4. The van der Waals surface area contributed by atoms with E-state index < -0.39 is 0 Å². The van der Waals surface area contributed by atoms with E-state index in [0.29, 0.717) is 18.9 Å². The summed E-state index contributed by atoms with van der Waals surface area (Å²) in [6, 6.07) is 13.4. The number of amides is 1. The van der Waals surface area contributed by atoms with Crippen LogP contribution < -0.4 is 14.2 Å². The molecular weight excluding hydrogens is 318 g/mol. The summed E-state index contributed by atoms with van der Waals surface area (Å²) in [6.07, 6.45) is 3.31. The Balaban J connectivity index is 1.48. The van der Waals surface area contributed by atoms with Gasteiger partial charge in [-0.1, -0.05) is 18.2 Å². The lowest BCUT2D eigenvalue weighted by atomic mass is 10.2. The van der Waals surface area contributed by atoms with Gasteiger partial charge in [0, 0.05) is 13.1 Å². The number of carbonyl (C=O) groups is 1. The maximum atomic E-state index is 12.2. The van der Waals surface area contributed by atoms with Crippen LogP contribution in [0, 0.1) is 6.92 Å². The van der Waals surface area contributed by atoms with E-state index in [1.165, 1.54) is 0 Å². The molecule has 0 fully saturated rings. The van der Waals surface area contributed by atoms with Crippen LogP contribution in [0.25, 0.3) is 6.08 Å². The molecule has 2 aromatic carbocycles. The van der Waals surface area contributed by atoms with Crippen molar-refractivity contribution in [2.75, 3.05) is 27.0 Å². The average Bonchev–Trinajstić information content (AvgIpc) is 3.07. The zero-order chi connectivity index (χ0) is 17.6. The first kappa shape index (κ1) is 16.9. The number of likely N-dealkylation sites (N-methyl/N-ethyl adjacent to an activating group) is 1. The monoisotopic (exact) mass is 339 g/mol. The van der Waals surface area contributed by atoms with E-state index in [2.05, 4.69) is 0 Å². The Morgan fingerprint density at radius 1 is 1.20 bits per heavy atom. The first-order valence-electron chi connectivity index (χ1n) is 8.14. The van der Waals surface area contributed by atoms with E-state index in [-0.39, 0.29) is 12.7 Å². The molecule has 0 aliphatic carbocycles. The molecule has 0 unspecified atom stereocenters. The van der Waals surface area contributed by atoms with E-state index >= 15 is 0 Å². The fourth-order valence-electron chi connectivity index (χ4n) is 2.43. The molecule has 0 N–H and O–H groups in total. The van der Waals surface area contributed by atoms with Crippen LogP contribution in [0.15, 0.2) is 48.5 Å². The molecule has 0 radical (unpaired) electrons. The van der Waals surface area contributed by atoms with Gasteiger partial charge < -0.3 is 19.1 Å². The van der Waals surface area contributed by atoms with Crippen molar-refractivity contribution in [2.24, 2.45) is 0 Å². The largest absolute Gasteiger partial charge is 0.492 e. The molecule has 5 nitrogen and oxygen atoms in total. The van der Waals surface area contributed by atoms with E-state index in [1.807, 2.05) is 49.4 Å². The van der Waals surface area contributed by atoms with Crippen molar-refractivity contribution >= 4 is 12.0 Å². The molecule has 3 rings (SSSR count). The van der Waals surface area contributed by atoms with E-state index in [4.69, 9.17) is 14.2 Å². The third-order valence-corrected chi connectivity index (χ3v) is 3.88. The molecule has 0 saturated carbocycles. The first-order chi connectivity index (χ1) is 12.1. The van der Waals surface area contributed by atoms with Crippen LogP contribution in [-0.2, 0) is 4.79 Å². The van der Waals surface area contributed by atoms with Crippen molar-refractivity contribution in [3.8, 4) is 17.2 Å². The summed E-state index contributed by atoms with van der Waals surface area (Å²) in [6.45, 7) is 3.22. The fourth-order valence-corrected chi connectivity index (χ4v) is 2.43. The van der Waals surface area contributed by atoms with Gasteiger partial charge in [-0.2, -0.15) is 0 Å². The number of carbonyl (C=O) groups excluding carboxylic acids is 1. The molecule has 0 aromatic heterocycles. The minimum Gasteiger partial charge on any atom is -0.492 e. The highest BCUT2D eigenvalue weighted by molar-refractivity contribution is 5.91. The van der Waals surface area contributed by atoms with E-state index in [1.54, 1.807) is 24.1 Å². The molecule has 1 aliphatic heterocycles. The van der Waals surface area contributed by atoms with Gasteiger partial charge in [0.1, 0.15) is 12.4 Å². The second-order valence-electron chi connectivity index (χ2n) is 5.87. The fraction of sp³-hybridized carbons (Fsp3) is 0.250. The van der Waals surface area contributed by atoms with Gasteiger partial charge >= 0.3 is 0 Å². The Morgan fingerprint density at radius 3 is 2.88 bits per heavy atom. The molecule has 1 aliphatic rings. The van der Waals surface area contributed by atoms with E-state index in [0.717, 1.165) is 22.6 Å². The summed E-state index contributed by atoms with van der Waals surface area (Å²) in [5.41, 5.74) is 2.04. The van der Waals surface area contributed by atoms with Gasteiger partial charge in [0.2, 0.25) is 12.7 Å². The summed E-state index contributed by atoms with van der Waals surface area (Å²) >= 11 is 0. The Morgan fingerprint density at radius 2 is 2.04 bits per heavy atom. The summed E-state index contributed by atoms with van der Waals surface area (Å²) in [7, 11) is 1.76. The highest BCUT2D eigenvalue weighted by atomic mass is 16.7. The van der Waals surface area contributed by atoms with Gasteiger partial charge in [-0.15, -0.1) is 0 Å². The molecule has 1 heterocycles. The number of ether oxygens (including phenoxy) is 3. The van der Waals surface area contributed by atoms with Crippen LogP contribution >= 0.6 is 0 Å². The molecule has 25 heavy (non-hydrogen) atoms. The number of nitrogens with zero attached hydrogens (tertiary/aromatic N) is 1. The zero-order valence-corrected chi connectivity index (χ0v) is 14.4. The number of benzene rings is 2. The van der Waals surface area contributed by atoms with Gasteiger partial charge in [-0.25, -0.2) is 0 Å². The van der Waals surface area contributed by atoms with Gasteiger partial charge in [-0.05, 0) is 48.4 Å². The highest BCUT2D eigenvalue weighted by Crippen LogP contribution is 2.32. The number of rotatable bonds is 6. The Bertz CT molecular complexity index is 785. The lowest BCUT2D eigenvalue weighted by Crippen LogP contribution is -2.29. The molecule has 0 spiro atoms. The highest BCUT2D eigenvalue weighted by Gasteiger charge is 2.12. The van der Waals surface area contributed by atoms with Gasteiger partial charge in [0.05, 0.1) is 6.54 Å². The molecule has 2 aromatic rings. The van der Waals surface area contributed by atoms with Crippen LogP contribution in [-0.4, -0.2) is 37.8 Å². The molecule has 130 valence electrons. The zero-order valence-electron chi connectivity index (χ0n) is 14.4. The summed E-state index contributed by atoms with van der Waals surface area (Å²) in [5.74, 6) is 2.17. The Kier molecular flexibility index (Phi) is 5.23. The van der Waals surface area contributed by atoms with Gasteiger partial charge in [0.25, 0.3) is 0 Å². The smallest absolute Gasteiger partial charge is 0.246 e. The molecule has 5 heteroatoms. The van der Waals surface area contributed by atoms with Gasteiger partial charge in [-0.3, -0.25) is 4.79 Å². The minimum atomic E-state index is -0.0782. The number of fused-ring (bicyclic) bond motifs is 1. The SMILES string of the molecule is Cc1cccc(OCCN(C)C(=O)/C=C/c2ccc3c(c2)OCO3)c1. The third kappa shape index (κ3) is 4.53. The second kappa shape index (κ2) is 7.75. The minimum absolute atomic E-state index is 0.0782. The maximum Gasteiger partial charge on any atom is 0.246 e. The molecule has 0 saturated heterocycles. The van der Waals surface area contributed by atoms with Crippen molar-refractivity contribution in [3.63, 3.8) is 0 Å². The predicted molar refractivity (Wildman–Crippen MR) is 95.9 cm³/mol. The summed E-state index contributed by atoms with van der Waals surface area (Å²) in [5, 5.41) is 0. The average molecular weight is 339 g/mol. The number of hydrogen-bond donors (Lipinski definition) is 0. The van der Waals surface area contributed by atoms with Crippen LogP contribution in [0.5, 0.6) is 17.2 Å². The molecule has 1 amide bonds. The topological polar surface area (TPSA) is 48.0 Å². The van der Waals surface area contributed by atoms with E-state index in [9.17, 15) is 4.79 Å². The Hall–Kier alpha value is -2.95. The van der Waals surface area contributed by atoms with Gasteiger partial charge in [0.15, 0.2) is 11.5 Å². The van der Waals surface area contributed by atoms with Crippen LogP contribution in [0.3, 0.4) is 0 Å². The molecule has 0 atom stereocenters. The summed E-state index contributed by atoms with van der Waals surface area (Å²) in [4.78, 5) is 13.8. The molecule has 0 bridgehead atoms. The van der Waals surface area contributed by atoms with Crippen LogP contribution in [0.4, 0.5) is 0 Å². The lowest BCUT2D eigenvalue weighted by molar-refractivity contribution is -0.125. The standard InChI is InChI=1S/C20H21NO4/c1-15-4-3-5-17(12-15)23-11-10-21(2)20(22)9-7-16-6-8-18-19(13-16)25-14-24-18/h3-9,12-13H,10-11,14H2,1-2H3/b9-7+. The maximum absolute atomic E-state index is 12.2. The second-order valence-corrected chi connectivity index (χ2v) is 5.87. The van der Waals surface area contributed by atoms with Crippen molar-refractivity contribution in [3.05, 3.63) is 59.7 Å². The Labute approximate surface area is 147 Å². The molecular formula is C20H21NO4. The van der Waals surface area contributed by atoms with Crippen LogP contribution in [0.1, 0.15) is 11.1 Å².